The van der Waals surface area contributed by atoms with Crippen molar-refractivity contribution < 1.29 is 9.59 Å². The molecule has 1 unspecified atom stereocenters. The van der Waals surface area contributed by atoms with E-state index in [-0.39, 0.29) is 23.8 Å². The highest BCUT2D eigenvalue weighted by Gasteiger charge is 2.33. The van der Waals surface area contributed by atoms with Crippen molar-refractivity contribution in [3.63, 3.8) is 0 Å². The van der Waals surface area contributed by atoms with E-state index in [0.717, 1.165) is 10.9 Å². The second-order valence-corrected chi connectivity index (χ2v) is 9.36. The first-order chi connectivity index (χ1) is 16.5. The number of carbonyl (C=O) groups excluding carboxylic acids is 2. The van der Waals surface area contributed by atoms with Crippen molar-refractivity contribution in [2.75, 3.05) is 31.5 Å². The molecule has 1 fully saturated rings. The lowest BCUT2D eigenvalue weighted by atomic mass is 10.0. The van der Waals surface area contributed by atoms with E-state index in [1.807, 2.05) is 73.3 Å². The smallest absolute Gasteiger partial charge is 0.253 e. The van der Waals surface area contributed by atoms with E-state index in [4.69, 9.17) is 9.97 Å². The van der Waals surface area contributed by atoms with Gasteiger partial charge in [-0.1, -0.05) is 44.2 Å². The molecule has 0 saturated carbocycles. The molecule has 0 spiro atoms. The molecule has 1 aromatic heterocycles. The molecule has 2 atom stereocenters. The van der Waals surface area contributed by atoms with Crippen molar-refractivity contribution in [2.45, 2.75) is 32.5 Å². The van der Waals surface area contributed by atoms with Crippen LogP contribution in [0.2, 0.25) is 0 Å². The summed E-state index contributed by atoms with van der Waals surface area (Å²) in [6, 6.07) is 16.8. The van der Waals surface area contributed by atoms with Gasteiger partial charge in [0.15, 0.2) is 0 Å². The number of amides is 2. The molecule has 3 aromatic rings. The fourth-order valence-corrected chi connectivity index (χ4v) is 4.74. The molecule has 1 saturated heterocycles. The molecule has 8 heteroatoms. The van der Waals surface area contributed by atoms with Gasteiger partial charge in [0, 0.05) is 43.2 Å². The summed E-state index contributed by atoms with van der Waals surface area (Å²) in [6.07, 6.45) is 0. The zero-order valence-electron chi connectivity index (χ0n) is 19.6. The zero-order valence-corrected chi connectivity index (χ0v) is 19.6. The molecule has 34 heavy (non-hydrogen) atoms. The van der Waals surface area contributed by atoms with Crippen molar-refractivity contribution in [1.29, 1.82) is 0 Å². The molecule has 5 rings (SSSR count). The van der Waals surface area contributed by atoms with Gasteiger partial charge in [-0.05, 0) is 30.2 Å². The number of piperazine rings is 1. The van der Waals surface area contributed by atoms with E-state index < -0.39 is 6.04 Å². The van der Waals surface area contributed by atoms with Crippen LogP contribution in [0.4, 0.5) is 5.82 Å². The average Bonchev–Trinajstić information content (AvgIpc) is 2.87. The molecule has 2 aromatic carbocycles. The number of rotatable bonds is 2. The minimum absolute atomic E-state index is 0.0202. The number of hydrogen-bond acceptors (Lipinski definition) is 6. The third kappa shape index (κ3) is 4.46. The molecule has 2 aliphatic rings. The Labute approximate surface area is 199 Å². The van der Waals surface area contributed by atoms with Gasteiger partial charge in [0.2, 0.25) is 5.91 Å². The minimum Gasteiger partial charge on any atom is -0.358 e. The SMILES string of the molecule is CC(C)[C@@H]1Nc2nc(nc3ccccc23)CN2CCN(C(=O)c3ccccc3)CC2CNC1=O. The quantitative estimate of drug-likeness (QED) is 0.613. The predicted molar refractivity (Wildman–Crippen MR) is 131 cm³/mol. The van der Waals surface area contributed by atoms with Crippen LogP contribution >= 0.6 is 0 Å². The van der Waals surface area contributed by atoms with Crippen LogP contribution in [0.15, 0.2) is 54.6 Å². The van der Waals surface area contributed by atoms with E-state index in [2.05, 4.69) is 15.5 Å². The van der Waals surface area contributed by atoms with Gasteiger partial charge in [0.1, 0.15) is 17.7 Å². The van der Waals surface area contributed by atoms with Crippen molar-refractivity contribution in [1.82, 2.24) is 25.1 Å². The molecule has 2 amide bonds. The molecule has 0 radical (unpaired) electrons. The van der Waals surface area contributed by atoms with Crippen molar-refractivity contribution in [2.24, 2.45) is 5.92 Å². The number of anilines is 1. The standard InChI is InChI=1S/C26H30N6O2/c1-17(2)23-25(33)27-14-19-15-32(26(34)18-8-4-3-5-9-18)13-12-31(19)16-22-28-21-11-7-6-10-20(21)24(29-22)30-23/h3-11,17,19,23H,12-16H2,1-2H3,(H,27,33)(H,28,29,30)/t19?,23-/m0/s1. The van der Waals surface area contributed by atoms with E-state index >= 15 is 0 Å². The number of nitrogens with zero attached hydrogens (tertiary/aromatic N) is 4. The Morgan fingerprint density at radius 3 is 2.59 bits per heavy atom. The summed E-state index contributed by atoms with van der Waals surface area (Å²) in [5, 5.41) is 7.43. The largest absolute Gasteiger partial charge is 0.358 e. The number of carbonyl (C=O) groups is 2. The van der Waals surface area contributed by atoms with Gasteiger partial charge in [0.25, 0.3) is 5.91 Å². The van der Waals surface area contributed by atoms with Crippen LogP contribution in [0.25, 0.3) is 10.9 Å². The van der Waals surface area contributed by atoms with Gasteiger partial charge in [-0.2, -0.15) is 0 Å². The Morgan fingerprint density at radius 2 is 1.79 bits per heavy atom. The van der Waals surface area contributed by atoms with Gasteiger partial charge in [-0.25, -0.2) is 9.97 Å². The maximum absolute atomic E-state index is 13.2. The number of fused-ring (bicyclic) bond motifs is 5. The van der Waals surface area contributed by atoms with Crippen LogP contribution in [-0.2, 0) is 11.3 Å². The van der Waals surface area contributed by atoms with Crippen molar-refractivity contribution >= 4 is 28.5 Å². The predicted octanol–water partition coefficient (Wildman–Crippen LogP) is 2.52. The normalized spacial score (nSPS) is 21.4. The average molecular weight is 459 g/mol. The van der Waals surface area contributed by atoms with E-state index in [0.29, 0.717) is 49.9 Å². The van der Waals surface area contributed by atoms with Gasteiger partial charge >= 0.3 is 0 Å². The van der Waals surface area contributed by atoms with Crippen molar-refractivity contribution in [3.8, 4) is 0 Å². The molecule has 8 nitrogen and oxygen atoms in total. The van der Waals surface area contributed by atoms with E-state index in [1.165, 1.54) is 0 Å². The molecule has 3 heterocycles. The summed E-state index contributed by atoms with van der Waals surface area (Å²) in [6.45, 7) is 6.89. The molecular weight excluding hydrogens is 428 g/mol. The summed E-state index contributed by atoms with van der Waals surface area (Å²) in [5.74, 6) is 1.42. The Morgan fingerprint density at radius 1 is 1.03 bits per heavy atom. The third-order valence-corrected chi connectivity index (χ3v) is 6.66. The second-order valence-electron chi connectivity index (χ2n) is 9.36. The Kier molecular flexibility index (Phi) is 6.15. The highest BCUT2D eigenvalue weighted by molar-refractivity contribution is 5.94. The highest BCUT2D eigenvalue weighted by atomic mass is 16.2. The zero-order chi connectivity index (χ0) is 23.7. The lowest BCUT2D eigenvalue weighted by Gasteiger charge is -2.41. The van der Waals surface area contributed by atoms with Gasteiger partial charge in [0.05, 0.1) is 12.1 Å². The number of hydrogen-bond donors (Lipinski definition) is 2. The molecule has 2 N–H and O–H groups in total. The fraction of sp³-hybridized carbons (Fsp3) is 0.385. The monoisotopic (exact) mass is 458 g/mol. The topological polar surface area (TPSA) is 90.5 Å². The molecule has 2 aliphatic heterocycles. The number of aromatic nitrogens is 2. The van der Waals surface area contributed by atoms with Crippen LogP contribution in [0, 0.1) is 5.92 Å². The van der Waals surface area contributed by atoms with Crippen LogP contribution in [0.1, 0.15) is 30.0 Å². The maximum atomic E-state index is 13.2. The summed E-state index contributed by atoms with van der Waals surface area (Å²) in [7, 11) is 0. The van der Waals surface area contributed by atoms with Crippen LogP contribution in [-0.4, -0.2) is 69.8 Å². The molecule has 176 valence electrons. The lowest BCUT2D eigenvalue weighted by Crippen LogP contribution is -2.58. The van der Waals surface area contributed by atoms with E-state index in [9.17, 15) is 9.59 Å². The van der Waals surface area contributed by atoms with Crippen LogP contribution in [0.5, 0.6) is 0 Å². The van der Waals surface area contributed by atoms with Gasteiger partial charge < -0.3 is 15.5 Å². The van der Waals surface area contributed by atoms with Crippen LogP contribution in [0.3, 0.4) is 0 Å². The van der Waals surface area contributed by atoms with Gasteiger partial charge in [-0.3, -0.25) is 14.5 Å². The molecule has 2 bridgehead atoms. The maximum Gasteiger partial charge on any atom is 0.253 e. The first-order valence-corrected chi connectivity index (χ1v) is 11.9. The Hall–Kier alpha value is -3.52. The third-order valence-electron chi connectivity index (χ3n) is 6.66. The minimum atomic E-state index is -0.427. The Bertz CT molecular complexity index is 1200. The number of benzene rings is 2. The second kappa shape index (κ2) is 9.38. The fourth-order valence-electron chi connectivity index (χ4n) is 4.74. The summed E-state index contributed by atoms with van der Waals surface area (Å²) >= 11 is 0. The first-order valence-electron chi connectivity index (χ1n) is 11.9. The van der Waals surface area contributed by atoms with E-state index in [1.54, 1.807) is 0 Å². The summed E-state index contributed by atoms with van der Waals surface area (Å²) in [5.41, 5.74) is 1.54. The number of nitrogens with one attached hydrogen (secondary N) is 2. The molecular formula is C26H30N6O2. The lowest BCUT2D eigenvalue weighted by molar-refractivity contribution is -0.123. The number of para-hydroxylation sites is 1. The van der Waals surface area contributed by atoms with Crippen LogP contribution < -0.4 is 10.6 Å². The summed E-state index contributed by atoms with van der Waals surface area (Å²) < 4.78 is 0. The molecule has 0 aliphatic carbocycles. The first kappa shape index (κ1) is 22.3. The summed E-state index contributed by atoms with van der Waals surface area (Å²) in [4.78, 5) is 40.1. The van der Waals surface area contributed by atoms with Gasteiger partial charge in [-0.15, -0.1) is 0 Å². The Balaban J connectivity index is 1.47. The highest BCUT2D eigenvalue weighted by Crippen LogP contribution is 2.24. The van der Waals surface area contributed by atoms with Crippen molar-refractivity contribution in [3.05, 3.63) is 66.0 Å².